The normalized spacial score (nSPS) is 16.6. The molecule has 0 bridgehead atoms. The summed E-state index contributed by atoms with van der Waals surface area (Å²) < 4.78 is 22.8. The molecule has 2 aromatic rings. The summed E-state index contributed by atoms with van der Waals surface area (Å²) in [6.07, 6.45) is 3.17. The molecular formula is C24H32IN3O4. The molecule has 0 spiro atoms. The SMILES string of the molecule is CN=C(NCc1ccc(COC2CCOCC2)cc1)Nc1ccc2c(c1)OCCCO2.I. The highest BCUT2D eigenvalue weighted by atomic mass is 127. The number of anilines is 1. The van der Waals surface area contributed by atoms with Crippen LogP contribution in [0.4, 0.5) is 5.69 Å². The van der Waals surface area contributed by atoms with Crippen LogP contribution in [0.15, 0.2) is 47.5 Å². The smallest absolute Gasteiger partial charge is 0.195 e. The fourth-order valence-corrected chi connectivity index (χ4v) is 3.55. The first-order valence-electron chi connectivity index (χ1n) is 10.9. The van der Waals surface area contributed by atoms with Crippen molar-refractivity contribution >= 4 is 35.6 Å². The molecule has 0 atom stereocenters. The number of hydrogen-bond acceptors (Lipinski definition) is 5. The van der Waals surface area contributed by atoms with Crippen molar-refractivity contribution in [1.29, 1.82) is 0 Å². The lowest BCUT2D eigenvalue weighted by atomic mass is 10.1. The average molecular weight is 553 g/mol. The van der Waals surface area contributed by atoms with Crippen LogP contribution < -0.4 is 20.1 Å². The summed E-state index contributed by atoms with van der Waals surface area (Å²) in [6.45, 7) is 4.27. The molecule has 2 aliphatic heterocycles. The van der Waals surface area contributed by atoms with Gasteiger partial charge in [-0.05, 0) is 36.1 Å². The number of rotatable bonds is 6. The molecule has 0 amide bonds. The first-order valence-corrected chi connectivity index (χ1v) is 10.9. The molecule has 0 saturated carbocycles. The van der Waals surface area contributed by atoms with Crippen molar-refractivity contribution in [1.82, 2.24) is 5.32 Å². The Morgan fingerprint density at radius 3 is 2.44 bits per heavy atom. The van der Waals surface area contributed by atoms with Gasteiger partial charge in [-0.3, -0.25) is 4.99 Å². The Morgan fingerprint density at radius 1 is 0.969 bits per heavy atom. The van der Waals surface area contributed by atoms with Gasteiger partial charge in [-0.25, -0.2) is 0 Å². The van der Waals surface area contributed by atoms with E-state index in [2.05, 4.69) is 39.9 Å². The number of guanidine groups is 1. The summed E-state index contributed by atoms with van der Waals surface area (Å²) in [5, 5.41) is 6.66. The summed E-state index contributed by atoms with van der Waals surface area (Å²) in [5.74, 6) is 2.24. The molecule has 2 N–H and O–H groups in total. The third kappa shape index (κ3) is 7.25. The molecule has 32 heavy (non-hydrogen) atoms. The Morgan fingerprint density at radius 2 is 1.69 bits per heavy atom. The second-order valence-corrected chi connectivity index (χ2v) is 7.70. The van der Waals surface area contributed by atoms with Gasteiger partial charge in [-0.2, -0.15) is 0 Å². The van der Waals surface area contributed by atoms with Gasteiger partial charge >= 0.3 is 0 Å². The van der Waals surface area contributed by atoms with E-state index in [1.165, 1.54) is 11.1 Å². The van der Waals surface area contributed by atoms with E-state index in [0.717, 1.165) is 49.7 Å². The van der Waals surface area contributed by atoms with Gasteiger partial charge in [0.05, 0.1) is 25.9 Å². The van der Waals surface area contributed by atoms with Gasteiger partial charge in [0.1, 0.15) is 0 Å². The van der Waals surface area contributed by atoms with Crippen LogP contribution in [0.3, 0.4) is 0 Å². The lowest BCUT2D eigenvalue weighted by Gasteiger charge is -2.22. The Hall–Kier alpha value is -2.04. The summed E-state index contributed by atoms with van der Waals surface area (Å²) in [5.41, 5.74) is 3.26. The van der Waals surface area contributed by atoms with Crippen LogP contribution >= 0.6 is 24.0 Å². The zero-order valence-electron chi connectivity index (χ0n) is 18.5. The molecule has 8 heteroatoms. The number of aliphatic imine (C=N–C) groups is 1. The molecule has 2 aliphatic rings. The second kappa shape index (κ2) is 12.9. The second-order valence-electron chi connectivity index (χ2n) is 7.70. The number of nitrogens with zero attached hydrogens (tertiary/aromatic N) is 1. The van der Waals surface area contributed by atoms with Crippen molar-refractivity contribution in [2.45, 2.75) is 38.5 Å². The average Bonchev–Trinajstić information content (AvgIpc) is 3.07. The van der Waals surface area contributed by atoms with Crippen LogP contribution in [0.2, 0.25) is 0 Å². The van der Waals surface area contributed by atoms with Crippen molar-refractivity contribution in [3.8, 4) is 11.5 Å². The zero-order chi connectivity index (χ0) is 21.3. The third-order valence-corrected chi connectivity index (χ3v) is 5.37. The number of halogens is 1. The molecule has 1 fully saturated rings. The Balaban J connectivity index is 0.00000289. The van der Waals surface area contributed by atoms with E-state index in [-0.39, 0.29) is 24.0 Å². The Bertz CT molecular complexity index is 870. The highest BCUT2D eigenvalue weighted by Crippen LogP contribution is 2.32. The molecule has 0 aliphatic carbocycles. The predicted molar refractivity (Wildman–Crippen MR) is 136 cm³/mol. The summed E-state index contributed by atoms with van der Waals surface area (Å²) in [6, 6.07) is 14.3. The van der Waals surface area contributed by atoms with Crippen molar-refractivity contribution in [2.75, 3.05) is 38.8 Å². The highest BCUT2D eigenvalue weighted by molar-refractivity contribution is 14.0. The van der Waals surface area contributed by atoms with Gasteiger partial charge < -0.3 is 29.6 Å². The van der Waals surface area contributed by atoms with Crippen molar-refractivity contribution in [3.63, 3.8) is 0 Å². The van der Waals surface area contributed by atoms with Gasteiger partial charge in [0.25, 0.3) is 0 Å². The van der Waals surface area contributed by atoms with Crippen LogP contribution in [0, 0.1) is 0 Å². The maximum Gasteiger partial charge on any atom is 0.195 e. The van der Waals surface area contributed by atoms with E-state index in [1.54, 1.807) is 7.05 Å². The fraction of sp³-hybridized carbons (Fsp3) is 0.458. The van der Waals surface area contributed by atoms with Gasteiger partial charge in [0.2, 0.25) is 0 Å². The van der Waals surface area contributed by atoms with Crippen LogP contribution in [-0.2, 0) is 22.6 Å². The third-order valence-electron chi connectivity index (χ3n) is 5.37. The highest BCUT2D eigenvalue weighted by Gasteiger charge is 2.14. The lowest BCUT2D eigenvalue weighted by Crippen LogP contribution is -2.30. The molecule has 7 nitrogen and oxygen atoms in total. The molecule has 0 radical (unpaired) electrons. The van der Waals surface area contributed by atoms with Crippen LogP contribution in [0.1, 0.15) is 30.4 Å². The first kappa shape index (κ1) is 24.6. The van der Waals surface area contributed by atoms with E-state index >= 15 is 0 Å². The topological polar surface area (TPSA) is 73.3 Å². The van der Waals surface area contributed by atoms with Crippen LogP contribution in [-0.4, -0.2) is 45.5 Å². The van der Waals surface area contributed by atoms with E-state index < -0.39 is 0 Å². The molecular weight excluding hydrogens is 521 g/mol. The number of benzene rings is 2. The van der Waals surface area contributed by atoms with Crippen LogP contribution in [0.5, 0.6) is 11.5 Å². The van der Waals surface area contributed by atoms with E-state index in [0.29, 0.717) is 38.4 Å². The molecule has 2 heterocycles. The Kier molecular flexibility index (Phi) is 9.89. The minimum atomic E-state index is 0. The number of fused-ring (bicyclic) bond motifs is 1. The predicted octanol–water partition coefficient (Wildman–Crippen LogP) is 4.35. The minimum Gasteiger partial charge on any atom is -0.490 e. The molecule has 2 aromatic carbocycles. The summed E-state index contributed by atoms with van der Waals surface area (Å²) in [7, 11) is 1.76. The lowest BCUT2D eigenvalue weighted by molar-refractivity contribution is -0.0390. The molecule has 0 aromatic heterocycles. The Labute approximate surface area is 206 Å². The number of ether oxygens (including phenoxy) is 4. The van der Waals surface area contributed by atoms with Crippen molar-refractivity contribution < 1.29 is 18.9 Å². The number of hydrogen-bond donors (Lipinski definition) is 2. The molecule has 0 unspecified atom stereocenters. The zero-order valence-corrected chi connectivity index (χ0v) is 20.8. The fourth-order valence-electron chi connectivity index (χ4n) is 3.55. The summed E-state index contributed by atoms with van der Waals surface area (Å²) >= 11 is 0. The van der Waals surface area contributed by atoms with E-state index in [4.69, 9.17) is 18.9 Å². The van der Waals surface area contributed by atoms with Crippen molar-refractivity contribution in [3.05, 3.63) is 53.6 Å². The quantitative estimate of drug-likeness (QED) is 0.315. The van der Waals surface area contributed by atoms with Gasteiger partial charge in [-0.15, -0.1) is 24.0 Å². The molecule has 4 rings (SSSR count). The standard InChI is InChI=1S/C24H31N3O4.HI/c1-25-24(27-20-7-8-22-23(15-20)30-12-2-11-29-22)26-16-18-3-5-19(6-4-18)17-31-21-9-13-28-14-10-21;/h3-8,15,21H,2,9-14,16-17H2,1H3,(H2,25,26,27);1H. The first-order chi connectivity index (χ1) is 15.3. The molecule has 174 valence electrons. The van der Waals surface area contributed by atoms with Crippen LogP contribution in [0.25, 0.3) is 0 Å². The monoisotopic (exact) mass is 553 g/mol. The minimum absolute atomic E-state index is 0. The number of nitrogens with one attached hydrogen (secondary N) is 2. The van der Waals surface area contributed by atoms with Gasteiger partial charge in [0, 0.05) is 45.0 Å². The largest absolute Gasteiger partial charge is 0.490 e. The molecule has 1 saturated heterocycles. The van der Waals surface area contributed by atoms with Crippen molar-refractivity contribution in [2.24, 2.45) is 4.99 Å². The maximum absolute atomic E-state index is 5.99. The van der Waals surface area contributed by atoms with Gasteiger partial charge in [0.15, 0.2) is 17.5 Å². The maximum atomic E-state index is 5.99. The summed E-state index contributed by atoms with van der Waals surface area (Å²) in [4.78, 5) is 4.32. The van der Waals surface area contributed by atoms with E-state index in [9.17, 15) is 0 Å². The van der Waals surface area contributed by atoms with E-state index in [1.807, 2.05) is 18.2 Å². The van der Waals surface area contributed by atoms with Gasteiger partial charge in [-0.1, -0.05) is 24.3 Å².